The molecule has 0 saturated heterocycles. The summed E-state index contributed by atoms with van der Waals surface area (Å²) in [5.74, 6) is 1.13. The zero-order valence-corrected chi connectivity index (χ0v) is 13.7. The smallest absolute Gasteiger partial charge is 0.249 e. The number of fused-ring (bicyclic) bond motifs is 1. The standard InChI is InChI=1S/C19H16N6/c1-25(15-9-3-2-4-10-15)17-13-21-24-19(23-17)22-16-11-5-7-14-8-6-12-20-18(14)16/h2-13H,1H3,(H,22,23,24). The average Bonchev–Trinajstić information content (AvgIpc) is 2.69. The van der Waals surface area contributed by atoms with Gasteiger partial charge in [0.25, 0.3) is 0 Å². The van der Waals surface area contributed by atoms with Crippen LogP contribution in [0, 0.1) is 0 Å². The van der Waals surface area contributed by atoms with Crippen LogP contribution in [0.2, 0.25) is 0 Å². The van der Waals surface area contributed by atoms with Gasteiger partial charge in [-0.3, -0.25) is 4.98 Å². The lowest BCUT2D eigenvalue weighted by Gasteiger charge is -2.18. The third kappa shape index (κ3) is 3.10. The van der Waals surface area contributed by atoms with Crippen LogP contribution in [0.1, 0.15) is 0 Å². The fraction of sp³-hybridized carbons (Fsp3) is 0.0526. The number of pyridine rings is 1. The Balaban J connectivity index is 1.66. The zero-order valence-electron chi connectivity index (χ0n) is 13.7. The van der Waals surface area contributed by atoms with Gasteiger partial charge >= 0.3 is 0 Å². The first-order valence-corrected chi connectivity index (χ1v) is 7.90. The topological polar surface area (TPSA) is 66.8 Å². The van der Waals surface area contributed by atoms with Crippen LogP contribution in [0.5, 0.6) is 0 Å². The molecule has 4 aromatic rings. The minimum absolute atomic E-state index is 0.429. The van der Waals surface area contributed by atoms with E-state index >= 15 is 0 Å². The number of nitrogens with one attached hydrogen (secondary N) is 1. The Morgan fingerprint density at radius 3 is 2.64 bits per heavy atom. The Bertz CT molecular complexity index is 997. The fourth-order valence-corrected chi connectivity index (χ4v) is 2.62. The summed E-state index contributed by atoms with van der Waals surface area (Å²) in [5, 5.41) is 12.4. The highest BCUT2D eigenvalue weighted by molar-refractivity contribution is 5.91. The Labute approximate surface area is 145 Å². The van der Waals surface area contributed by atoms with Crippen molar-refractivity contribution in [1.82, 2.24) is 20.2 Å². The maximum Gasteiger partial charge on any atom is 0.249 e. The molecule has 0 bridgehead atoms. The van der Waals surface area contributed by atoms with Gasteiger partial charge in [-0.05, 0) is 24.3 Å². The monoisotopic (exact) mass is 328 g/mol. The predicted molar refractivity (Wildman–Crippen MR) is 99.4 cm³/mol. The summed E-state index contributed by atoms with van der Waals surface area (Å²) < 4.78 is 0. The maximum absolute atomic E-state index is 4.56. The summed E-state index contributed by atoms with van der Waals surface area (Å²) in [6.07, 6.45) is 3.41. The Hall–Kier alpha value is -3.54. The van der Waals surface area contributed by atoms with E-state index in [1.165, 1.54) is 0 Å². The second-order valence-corrected chi connectivity index (χ2v) is 5.54. The molecule has 0 aliphatic rings. The number of anilines is 4. The summed E-state index contributed by atoms with van der Waals surface area (Å²) in [5.41, 5.74) is 2.75. The summed E-state index contributed by atoms with van der Waals surface area (Å²) in [6.45, 7) is 0. The normalized spacial score (nSPS) is 10.6. The van der Waals surface area contributed by atoms with Crippen LogP contribution < -0.4 is 10.2 Å². The molecule has 0 amide bonds. The van der Waals surface area contributed by atoms with Crippen molar-refractivity contribution in [1.29, 1.82) is 0 Å². The molecule has 2 aromatic heterocycles. The lowest BCUT2D eigenvalue weighted by molar-refractivity contribution is 0.957. The minimum atomic E-state index is 0.429. The lowest BCUT2D eigenvalue weighted by Crippen LogP contribution is -2.13. The van der Waals surface area contributed by atoms with Gasteiger partial charge in [-0.1, -0.05) is 36.4 Å². The molecule has 0 aliphatic heterocycles. The van der Waals surface area contributed by atoms with Crippen LogP contribution in [0.4, 0.5) is 23.1 Å². The summed E-state index contributed by atoms with van der Waals surface area (Å²) in [7, 11) is 1.95. The second kappa shape index (κ2) is 6.52. The number of hydrogen-bond donors (Lipinski definition) is 1. The maximum atomic E-state index is 4.56. The van der Waals surface area contributed by atoms with E-state index in [1.807, 2.05) is 72.6 Å². The van der Waals surface area contributed by atoms with Crippen LogP contribution in [0.3, 0.4) is 0 Å². The van der Waals surface area contributed by atoms with Crippen molar-refractivity contribution in [3.8, 4) is 0 Å². The van der Waals surface area contributed by atoms with Gasteiger partial charge in [0, 0.05) is 24.3 Å². The van der Waals surface area contributed by atoms with Gasteiger partial charge in [0.15, 0.2) is 5.82 Å². The van der Waals surface area contributed by atoms with Crippen molar-refractivity contribution in [2.45, 2.75) is 0 Å². The van der Waals surface area contributed by atoms with E-state index in [1.54, 1.807) is 12.4 Å². The number of para-hydroxylation sites is 2. The molecule has 25 heavy (non-hydrogen) atoms. The van der Waals surface area contributed by atoms with Gasteiger partial charge in [-0.2, -0.15) is 10.1 Å². The quantitative estimate of drug-likeness (QED) is 0.612. The van der Waals surface area contributed by atoms with Crippen molar-refractivity contribution < 1.29 is 0 Å². The first-order valence-electron chi connectivity index (χ1n) is 7.90. The molecule has 0 fully saturated rings. The van der Waals surface area contributed by atoms with Crippen molar-refractivity contribution in [3.63, 3.8) is 0 Å². The molecule has 0 atom stereocenters. The highest BCUT2D eigenvalue weighted by Gasteiger charge is 2.09. The van der Waals surface area contributed by atoms with Gasteiger partial charge in [0.05, 0.1) is 17.4 Å². The molecule has 0 saturated carbocycles. The largest absolute Gasteiger partial charge is 0.328 e. The van der Waals surface area contributed by atoms with Crippen molar-refractivity contribution in [2.75, 3.05) is 17.3 Å². The summed E-state index contributed by atoms with van der Waals surface area (Å²) >= 11 is 0. The SMILES string of the molecule is CN(c1ccccc1)c1cnnc(Nc2cccc3cccnc23)n1. The molecule has 1 N–H and O–H groups in total. The molecule has 6 nitrogen and oxygen atoms in total. The first kappa shape index (κ1) is 15.0. The second-order valence-electron chi connectivity index (χ2n) is 5.54. The molecule has 2 heterocycles. The Kier molecular flexibility index (Phi) is 3.92. The molecular weight excluding hydrogens is 312 g/mol. The highest BCUT2D eigenvalue weighted by atomic mass is 15.3. The molecule has 4 rings (SSSR count). The number of nitrogens with zero attached hydrogens (tertiary/aromatic N) is 5. The van der Waals surface area contributed by atoms with Crippen LogP contribution in [0.25, 0.3) is 10.9 Å². The molecule has 0 unspecified atom stereocenters. The van der Waals surface area contributed by atoms with E-state index in [4.69, 9.17) is 0 Å². The van der Waals surface area contributed by atoms with E-state index in [0.29, 0.717) is 11.8 Å². The van der Waals surface area contributed by atoms with Crippen LogP contribution in [-0.4, -0.2) is 27.2 Å². The molecular formula is C19H16N6. The lowest BCUT2D eigenvalue weighted by atomic mass is 10.2. The molecule has 122 valence electrons. The molecule has 6 heteroatoms. The van der Waals surface area contributed by atoms with E-state index in [-0.39, 0.29) is 0 Å². The number of rotatable bonds is 4. The zero-order chi connectivity index (χ0) is 17.1. The van der Waals surface area contributed by atoms with Crippen molar-refractivity contribution >= 4 is 34.0 Å². The molecule has 0 spiro atoms. The van der Waals surface area contributed by atoms with E-state index < -0.39 is 0 Å². The minimum Gasteiger partial charge on any atom is -0.328 e. The molecule has 2 aromatic carbocycles. The summed E-state index contributed by atoms with van der Waals surface area (Å²) in [4.78, 5) is 11.0. The van der Waals surface area contributed by atoms with E-state index in [0.717, 1.165) is 22.3 Å². The third-order valence-electron chi connectivity index (χ3n) is 3.91. The fourth-order valence-electron chi connectivity index (χ4n) is 2.62. The van der Waals surface area contributed by atoms with Crippen LogP contribution in [-0.2, 0) is 0 Å². The number of hydrogen-bond acceptors (Lipinski definition) is 6. The van der Waals surface area contributed by atoms with Crippen molar-refractivity contribution in [2.24, 2.45) is 0 Å². The molecule has 0 radical (unpaired) electrons. The van der Waals surface area contributed by atoms with Gasteiger partial charge in [0.2, 0.25) is 5.95 Å². The van der Waals surface area contributed by atoms with E-state index in [2.05, 4.69) is 25.5 Å². The summed E-state index contributed by atoms with van der Waals surface area (Å²) in [6, 6.07) is 19.9. The van der Waals surface area contributed by atoms with Crippen molar-refractivity contribution in [3.05, 3.63) is 73.1 Å². The molecule has 0 aliphatic carbocycles. The highest BCUT2D eigenvalue weighted by Crippen LogP contribution is 2.25. The third-order valence-corrected chi connectivity index (χ3v) is 3.91. The van der Waals surface area contributed by atoms with Gasteiger partial charge in [-0.15, -0.1) is 5.10 Å². The number of aromatic nitrogens is 4. The first-order chi connectivity index (χ1) is 12.3. The van der Waals surface area contributed by atoms with Gasteiger partial charge < -0.3 is 10.2 Å². The van der Waals surface area contributed by atoms with Crippen LogP contribution in [0.15, 0.2) is 73.1 Å². The van der Waals surface area contributed by atoms with Crippen LogP contribution >= 0.6 is 0 Å². The van der Waals surface area contributed by atoms with Gasteiger partial charge in [-0.25, -0.2) is 0 Å². The Morgan fingerprint density at radius 1 is 0.920 bits per heavy atom. The number of benzene rings is 2. The average molecular weight is 328 g/mol. The predicted octanol–water partition coefficient (Wildman–Crippen LogP) is 3.93. The van der Waals surface area contributed by atoms with Gasteiger partial charge in [0.1, 0.15) is 0 Å². The van der Waals surface area contributed by atoms with E-state index in [9.17, 15) is 0 Å². The Morgan fingerprint density at radius 2 is 1.76 bits per heavy atom.